The van der Waals surface area contributed by atoms with Crippen molar-refractivity contribution in [1.82, 2.24) is 4.90 Å². The van der Waals surface area contributed by atoms with E-state index in [1.165, 1.54) is 0 Å². The lowest BCUT2D eigenvalue weighted by Gasteiger charge is -2.25. The number of carbonyl (C=O) groups excluding carboxylic acids is 2. The molecule has 1 saturated heterocycles. The van der Waals surface area contributed by atoms with Gasteiger partial charge in [-0.1, -0.05) is 0 Å². The molecule has 0 N–H and O–H groups in total. The molecule has 0 atom stereocenters. The topological polar surface area (TPSA) is 55.8 Å². The highest BCUT2D eigenvalue weighted by Crippen LogP contribution is 1.98. The van der Waals surface area contributed by atoms with Gasteiger partial charge in [0.1, 0.15) is 6.42 Å². The monoisotopic (exact) mass is 215 g/mol. The molecule has 1 aliphatic heterocycles. The lowest BCUT2D eigenvalue weighted by atomic mass is 10.2. The lowest BCUT2D eigenvalue weighted by molar-refractivity contribution is -0.145. The summed E-state index contributed by atoms with van der Waals surface area (Å²) in [6.07, 6.45) is -0.120. The molecule has 1 fully saturated rings. The van der Waals surface area contributed by atoms with Gasteiger partial charge in [-0.2, -0.15) is 0 Å². The Labute approximate surface area is 89.3 Å². The number of ether oxygens (including phenoxy) is 2. The van der Waals surface area contributed by atoms with Crippen molar-refractivity contribution >= 4 is 11.8 Å². The molecule has 0 aromatic carbocycles. The normalized spacial score (nSPS) is 17.4. The second kappa shape index (κ2) is 6.53. The molecule has 1 aliphatic rings. The van der Waals surface area contributed by atoms with E-state index in [0.717, 1.165) is 13.1 Å². The van der Waals surface area contributed by atoms with Crippen LogP contribution in [0, 0.1) is 0 Å². The van der Waals surface area contributed by atoms with E-state index >= 15 is 0 Å². The minimum atomic E-state index is -0.434. The molecular formula is C10H17NO4. The SMILES string of the molecule is CCOC(=O)CC(=O)CN1CCOCC1. The Bertz CT molecular complexity index is 223. The van der Waals surface area contributed by atoms with Crippen LogP contribution in [-0.2, 0) is 19.1 Å². The zero-order valence-corrected chi connectivity index (χ0v) is 9.03. The Morgan fingerprint density at radius 1 is 1.33 bits per heavy atom. The van der Waals surface area contributed by atoms with Crippen molar-refractivity contribution in [3.05, 3.63) is 0 Å². The molecule has 0 amide bonds. The summed E-state index contributed by atoms with van der Waals surface area (Å²) in [6.45, 7) is 5.21. The molecule has 5 heteroatoms. The van der Waals surface area contributed by atoms with E-state index in [9.17, 15) is 9.59 Å². The van der Waals surface area contributed by atoms with Crippen LogP contribution in [0.4, 0.5) is 0 Å². The summed E-state index contributed by atoms with van der Waals surface area (Å²) in [5, 5.41) is 0. The molecule has 15 heavy (non-hydrogen) atoms. The van der Waals surface area contributed by atoms with Crippen molar-refractivity contribution in [3.8, 4) is 0 Å². The molecule has 0 unspecified atom stereocenters. The summed E-state index contributed by atoms with van der Waals surface area (Å²) in [5.41, 5.74) is 0. The number of Topliss-reactive ketones (excluding diaryl/α,β-unsaturated/α-hetero) is 1. The number of hydrogen-bond acceptors (Lipinski definition) is 5. The van der Waals surface area contributed by atoms with E-state index in [0.29, 0.717) is 26.4 Å². The number of esters is 1. The smallest absolute Gasteiger partial charge is 0.313 e. The molecule has 0 radical (unpaired) electrons. The van der Waals surface area contributed by atoms with Crippen LogP contribution in [0.3, 0.4) is 0 Å². The zero-order valence-electron chi connectivity index (χ0n) is 9.03. The quantitative estimate of drug-likeness (QED) is 0.471. The molecule has 0 saturated carbocycles. The Balaban J connectivity index is 2.19. The average Bonchev–Trinajstić information content (AvgIpc) is 2.19. The summed E-state index contributed by atoms with van der Waals surface area (Å²) in [7, 11) is 0. The van der Waals surface area contributed by atoms with Gasteiger partial charge in [-0.05, 0) is 6.92 Å². The van der Waals surface area contributed by atoms with Crippen LogP contribution in [0.25, 0.3) is 0 Å². The van der Waals surface area contributed by atoms with Crippen LogP contribution in [-0.4, -0.2) is 56.1 Å². The van der Waals surface area contributed by atoms with Crippen LogP contribution in [0.2, 0.25) is 0 Å². The van der Waals surface area contributed by atoms with E-state index < -0.39 is 5.97 Å². The molecule has 86 valence electrons. The highest BCUT2D eigenvalue weighted by molar-refractivity contribution is 5.96. The van der Waals surface area contributed by atoms with E-state index in [1.807, 2.05) is 4.90 Å². The Hall–Kier alpha value is -0.940. The summed E-state index contributed by atoms with van der Waals surface area (Å²) in [6, 6.07) is 0. The van der Waals surface area contributed by atoms with Crippen molar-refractivity contribution in [2.45, 2.75) is 13.3 Å². The standard InChI is InChI=1S/C10H17NO4/c1-2-15-10(13)7-9(12)8-11-3-5-14-6-4-11/h2-8H2,1H3. The molecule has 1 rings (SSSR count). The number of nitrogens with zero attached hydrogens (tertiary/aromatic N) is 1. The first-order valence-corrected chi connectivity index (χ1v) is 5.19. The molecule has 0 bridgehead atoms. The number of hydrogen-bond donors (Lipinski definition) is 0. The van der Waals surface area contributed by atoms with Crippen LogP contribution in [0.5, 0.6) is 0 Å². The van der Waals surface area contributed by atoms with Gasteiger partial charge in [-0.25, -0.2) is 0 Å². The van der Waals surface area contributed by atoms with Crippen molar-refractivity contribution in [3.63, 3.8) is 0 Å². The van der Waals surface area contributed by atoms with Gasteiger partial charge >= 0.3 is 5.97 Å². The third-order valence-corrected chi connectivity index (χ3v) is 2.15. The molecule has 0 aromatic rings. The lowest BCUT2D eigenvalue weighted by Crippen LogP contribution is -2.40. The predicted molar refractivity (Wildman–Crippen MR) is 53.5 cm³/mol. The van der Waals surface area contributed by atoms with Gasteiger partial charge in [0.05, 0.1) is 26.4 Å². The van der Waals surface area contributed by atoms with Gasteiger partial charge in [0.25, 0.3) is 0 Å². The van der Waals surface area contributed by atoms with Gasteiger partial charge in [0.2, 0.25) is 0 Å². The predicted octanol–water partition coefficient (Wildman–Crippen LogP) is -0.159. The van der Waals surface area contributed by atoms with Crippen molar-refractivity contribution in [2.24, 2.45) is 0 Å². The van der Waals surface area contributed by atoms with E-state index in [1.54, 1.807) is 6.92 Å². The molecule has 0 aliphatic carbocycles. The number of ketones is 1. The van der Waals surface area contributed by atoms with Crippen molar-refractivity contribution in [1.29, 1.82) is 0 Å². The highest BCUT2D eigenvalue weighted by Gasteiger charge is 2.16. The second-order valence-corrected chi connectivity index (χ2v) is 3.41. The molecule has 0 aromatic heterocycles. The van der Waals surface area contributed by atoms with Crippen LogP contribution in [0.1, 0.15) is 13.3 Å². The van der Waals surface area contributed by atoms with Gasteiger partial charge in [0, 0.05) is 13.1 Å². The van der Waals surface area contributed by atoms with Crippen LogP contribution < -0.4 is 0 Å². The first-order chi connectivity index (χ1) is 7.22. The van der Waals surface area contributed by atoms with Crippen LogP contribution in [0.15, 0.2) is 0 Å². The Morgan fingerprint density at radius 3 is 2.60 bits per heavy atom. The Morgan fingerprint density at radius 2 is 2.00 bits per heavy atom. The summed E-state index contributed by atoms with van der Waals surface area (Å²) in [5.74, 6) is -0.522. The summed E-state index contributed by atoms with van der Waals surface area (Å²) < 4.78 is 9.86. The highest BCUT2D eigenvalue weighted by atomic mass is 16.5. The maximum Gasteiger partial charge on any atom is 0.313 e. The van der Waals surface area contributed by atoms with Crippen LogP contribution >= 0.6 is 0 Å². The average molecular weight is 215 g/mol. The van der Waals surface area contributed by atoms with E-state index in [2.05, 4.69) is 0 Å². The minimum absolute atomic E-state index is 0.0876. The zero-order chi connectivity index (χ0) is 11.1. The second-order valence-electron chi connectivity index (χ2n) is 3.41. The minimum Gasteiger partial charge on any atom is -0.466 e. The summed E-state index contributed by atoms with van der Waals surface area (Å²) >= 11 is 0. The first kappa shape index (κ1) is 12.1. The van der Waals surface area contributed by atoms with Gasteiger partial charge in [-0.3, -0.25) is 14.5 Å². The third kappa shape index (κ3) is 4.90. The van der Waals surface area contributed by atoms with Gasteiger partial charge < -0.3 is 9.47 Å². The molecular weight excluding hydrogens is 198 g/mol. The third-order valence-electron chi connectivity index (χ3n) is 2.15. The number of rotatable bonds is 5. The number of carbonyl (C=O) groups is 2. The molecule has 5 nitrogen and oxygen atoms in total. The fraction of sp³-hybridized carbons (Fsp3) is 0.800. The van der Waals surface area contributed by atoms with Crippen molar-refractivity contribution in [2.75, 3.05) is 39.5 Å². The van der Waals surface area contributed by atoms with Crippen molar-refractivity contribution < 1.29 is 19.1 Å². The maximum absolute atomic E-state index is 11.4. The van der Waals surface area contributed by atoms with Gasteiger partial charge in [0.15, 0.2) is 5.78 Å². The number of morpholine rings is 1. The fourth-order valence-electron chi connectivity index (χ4n) is 1.44. The fourth-order valence-corrected chi connectivity index (χ4v) is 1.44. The molecule has 0 spiro atoms. The summed E-state index contributed by atoms with van der Waals surface area (Å²) in [4.78, 5) is 24.4. The Kier molecular flexibility index (Phi) is 5.28. The van der Waals surface area contributed by atoms with E-state index in [4.69, 9.17) is 9.47 Å². The first-order valence-electron chi connectivity index (χ1n) is 5.19. The maximum atomic E-state index is 11.4. The van der Waals surface area contributed by atoms with E-state index in [-0.39, 0.29) is 12.2 Å². The largest absolute Gasteiger partial charge is 0.466 e. The van der Waals surface area contributed by atoms with Gasteiger partial charge in [-0.15, -0.1) is 0 Å². The molecule has 1 heterocycles.